The molecule has 1 atom stereocenters. The van der Waals surface area contributed by atoms with E-state index in [4.69, 9.17) is 0 Å². The summed E-state index contributed by atoms with van der Waals surface area (Å²) in [6.07, 6.45) is 1.18. The average Bonchev–Trinajstić information content (AvgIpc) is 3.49. The van der Waals surface area contributed by atoms with Crippen LogP contribution >= 0.6 is 0 Å². The van der Waals surface area contributed by atoms with Gasteiger partial charge in [-0.2, -0.15) is 0 Å². The van der Waals surface area contributed by atoms with E-state index < -0.39 is 29.4 Å². The molecule has 4 aromatic carbocycles. The van der Waals surface area contributed by atoms with Gasteiger partial charge in [-0.05, 0) is 59.7 Å². The van der Waals surface area contributed by atoms with Gasteiger partial charge in [-0.1, -0.05) is 87.0 Å². The van der Waals surface area contributed by atoms with Crippen molar-refractivity contribution in [1.29, 1.82) is 0 Å². The standard InChI is InChI=1S/C19H12N2O5.C19H22/c1-20-16(23)11-5-3-9(7-13(11)18(20)25)15(22)10-4-6-12-14(8-10)19(26)21(2)17(12)24;1-14-9-11-15(12-10-14)19(4)13-18(2,3)16-7-5-6-8-17(16)19/h3-8H,1-2H3;5-12H,13H2,1-4H3. The van der Waals surface area contributed by atoms with Crippen LogP contribution in [0.4, 0.5) is 0 Å². The summed E-state index contributed by atoms with van der Waals surface area (Å²) in [6.45, 7) is 9.28. The van der Waals surface area contributed by atoms with Crippen LogP contribution in [0.3, 0.4) is 0 Å². The molecule has 0 spiro atoms. The summed E-state index contributed by atoms with van der Waals surface area (Å²) in [4.78, 5) is 62.8. The van der Waals surface area contributed by atoms with Crippen LogP contribution in [0.1, 0.15) is 107 Å². The van der Waals surface area contributed by atoms with Crippen molar-refractivity contribution in [3.05, 3.63) is 141 Å². The van der Waals surface area contributed by atoms with Crippen LogP contribution in [0, 0.1) is 6.92 Å². The van der Waals surface area contributed by atoms with E-state index in [0.717, 1.165) is 9.80 Å². The summed E-state index contributed by atoms with van der Waals surface area (Å²) < 4.78 is 0. The van der Waals surface area contributed by atoms with Gasteiger partial charge in [0.2, 0.25) is 0 Å². The summed E-state index contributed by atoms with van der Waals surface area (Å²) in [5, 5.41) is 0. The maximum absolute atomic E-state index is 12.8. The molecule has 0 saturated heterocycles. The smallest absolute Gasteiger partial charge is 0.261 e. The number of benzene rings is 4. The number of hydrogen-bond donors (Lipinski definition) is 0. The first-order chi connectivity index (χ1) is 21.2. The number of imide groups is 2. The molecule has 7 heteroatoms. The SMILES string of the molecule is CN1C(=O)c2ccc(C(=O)c3ccc4c(c3)C(=O)N(C)C4=O)cc2C1=O.Cc1ccc(C2(C)CC(C)(C)c3ccccc32)cc1. The average molecular weight is 599 g/mol. The van der Waals surface area contributed by atoms with Crippen LogP contribution in [0.2, 0.25) is 0 Å². The van der Waals surface area contributed by atoms with Gasteiger partial charge in [0.1, 0.15) is 0 Å². The summed E-state index contributed by atoms with van der Waals surface area (Å²) in [7, 11) is 2.76. The Morgan fingerprint density at radius 3 is 1.53 bits per heavy atom. The molecule has 7 rings (SSSR count). The second kappa shape index (κ2) is 10.5. The molecule has 7 nitrogen and oxygen atoms in total. The number of hydrogen-bond acceptors (Lipinski definition) is 5. The Balaban J connectivity index is 0.000000167. The number of amides is 4. The highest BCUT2D eigenvalue weighted by Crippen LogP contribution is 2.52. The highest BCUT2D eigenvalue weighted by molar-refractivity contribution is 6.24. The molecule has 1 unspecified atom stereocenters. The molecule has 0 saturated carbocycles. The normalized spacial score (nSPS) is 19.2. The van der Waals surface area contributed by atoms with E-state index in [1.165, 1.54) is 79.2 Å². The fraction of sp³-hybridized carbons (Fsp3) is 0.237. The maximum Gasteiger partial charge on any atom is 0.261 e. The maximum atomic E-state index is 12.8. The topological polar surface area (TPSA) is 91.8 Å². The Morgan fingerprint density at radius 1 is 0.600 bits per heavy atom. The van der Waals surface area contributed by atoms with Gasteiger partial charge in [-0.25, -0.2) is 0 Å². The molecule has 0 N–H and O–H groups in total. The van der Waals surface area contributed by atoms with E-state index in [-0.39, 0.29) is 44.2 Å². The lowest BCUT2D eigenvalue weighted by molar-refractivity contribution is 0.0678. The molecule has 4 aromatic rings. The number of nitrogens with zero attached hydrogens (tertiary/aromatic N) is 2. The monoisotopic (exact) mass is 598 g/mol. The van der Waals surface area contributed by atoms with Crippen molar-refractivity contribution in [2.45, 2.75) is 44.9 Å². The molecular formula is C38H34N2O5. The van der Waals surface area contributed by atoms with Crippen LogP contribution in [0.15, 0.2) is 84.9 Å². The molecule has 2 aliphatic heterocycles. The third kappa shape index (κ3) is 4.70. The lowest BCUT2D eigenvalue weighted by Crippen LogP contribution is -2.24. The van der Waals surface area contributed by atoms with Crippen molar-refractivity contribution in [2.24, 2.45) is 0 Å². The summed E-state index contributed by atoms with van der Waals surface area (Å²) in [6, 6.07) is 26.6. The lowest BCUT2D eigenvalue weighted by Gasteiger charge is -2.28. The summed E-state index contributed by atoms with van der Waals surface area (Å²) in [5.74, 6) is -2.14. The predicted octanol–water partition coefficient (Wildman–Crippen LogP) is 6.35. The van der Waals surface area contributed by atoms with Crippen molar-refractivity contribution in [2.75, 3.05) is 14.1 Å². The zero-order chi connectivity index (χ0) is 32.4. The van der Waals surface area contributed by atoms with Crippen LogP contribution in [-0.2, 0) is 10.8 Å². The predicted molar refractivity (Wildman–Crippen MR) is 171 cm³/mol. The number of ketones is 1. The molecule has 0 radical (unpaired) electrons. The van der Waals surface area contributed by atoms with Crippen molar-refractivity contribution in [3.8, 4) is 0 Å². The Morgan fingerprint density at radius 2 is 1.04 bits per heavy atom. The Hall–Kier alpha value is -5.17. The fourth-order valence-electron chi connectivity index (χ4n) is 6.98. The van der Waals surface area contributed by atoms with E-state index in [2.05, 4.69) is 76.2 Å². The largest absolute Gasteiger partial charge is 0.289 e. The van der Waals surface area contributed by atoms with Crippen LogP contribution in [0.25, 0.3) is 0 Å². The number of carbonyl (C=O) groups is 5. The van der Waals surface area contributed by atoms with Crippen molar-refractivity contribution in [1.82, 2.24) is 9.80 Å². The molecular weight excluding hydrogens is 564 g/mol. The van der Waals surface area contributed by atoms with Gasteiger partial charge >= 0.3 is 0 Å². The van der Waals surface area contributed by atoms with Crippen LogP contribution < -0.4 is 0 Å². The molecule has 1 aliphatic carbocycles. The summed E-state index contributed by atoms with van der Waals surface area (Å²) >= 11 is 0. The number of carbonyl (C=O) groups excluding carboxylic acids is 5. The fourth-order valence-corrected chi connectivity index (χ4v) is 6.98. The van der Waals surface area contributed by atoms with Crippen LogP contribution in [0.5, 0.6) is 0 Å². The molecule has 0 fully saturated rings. The zero-order valence-electron chi connectivity index (χ0n) is 26.2. The van der Waals surface area contributed by atoms with Gasteiger partial charge in [0.25, 0.3) is 23.6 Å². The first kappa shape index (κ1) is 29.9. The molecule has 226 valence electrons. The molecule has 3 aliphatic rings. The third-order valence-electron chi connectivity index (χ3n) is 9.44. The van der Waals surface area contributed by atoms with Crippen molar-refractivity contribution >= 4 is 29.4 Å². The van der Waals surface area contributed by atoms with Gasteiger partial charge in [0, 0.05) is 30.6 Å². The highest BCUT2D eigenvalue weighted by atomic mass is 16.2. The van der Waals surface area contributed by atoms with Gasteiger partial charge in [-0.3, -0.25) is 33.8 Å². The van der Waals surface area contributed by atoms with E-state index in [0.29, 0.717) is 0 Å². The van der Waals surface area contributed by atoms with Gasteiger partial charge in [-0.15, -0.1) is 0 Å². The number of fused-ring (bicyclic) bond motifs is 3. The second-order valence-corrected chi connectivity index (χ2v) is 13.0. The Bertz CT molecular complexity index is 1870. The lowest BCUT2D eigenvalue weighted by atomic mass is 9.75. The Kier molecular flexibility index (Phi) is 6.96. The molecule has 45 heavy (non-hydrogen) atoms. The van der Waals surface area contributed by atoms with E-state index in [9.17, 15) is 24.0 Å². The zero-order valence-corrected chi connectivity index (χ0v) is 26.2. The molecule has 2 heterocycles. The second-order valence-electron chi connectivity index (χ2n) is 13.0. The molecule has 0 aromatic heterocycles. The van der Waals surface area contributed by atoms with E-state index in [1.54, 1.807) is 0 Å². The van der Waals surface area contributed by atoms with Gasteiger partial charge in [0.15, 0.2) is 5.78 Å². The minimum Gasteiger partial charge on any atom is -0.289 e. The minimum atomic E-state index is -0.462. The van der Waals surface area contributed by atoms with Gasteiger partial charge < -0.3 is 0 Å². The first-order valence-electron chi connectivity index (χ1n) is 14.9. The quantitative estimate of drug-likeness (QED) is 0.202. The first-order valence-corrected chi connectivity index (χ1v) is 14.9. The molecule has 0 bridgehead atoms. The minimum absolute atomic E-state index is 0.147. The number of rotatable bonds is 3. The van der Waals surface area contributed by atoms with Crippen LogP contribution in [-0.4, -0.2) is 53.3 Å². The van der Waals surface area contributed by atoms with Crippen molar-refractivity contribution in [3.63, 3.8) is 0 Å². The molecule has 4 amide bonds. The number of aryl methyl sites for hydroxylation is 1. The Labute approximate surface area is 262 Å². The highest BCUT2D eigenvalue weighted by Gasteiger charge is 2.45. The van der Waals surface area contributed by atoms with E-state index in [1.807, 2.05) is 0 Å². The van der Waals surface area contributed by atoms with Gasteiger partial charge in [0.05, 0.1) is 22.3 Å². The van der Waals surface area contributed by atoms with Crippen molar-refractivity contribution < 1.29 is 24.0 Å². The van der Waals surface area contributed by atoms with E-state index >= 15 is 0 Å². The summed E-state index contributed by atoms with van der Waals surface area (Å²) in [5.41, 5.74) is 7.51. The third-order valence-corrected chi connectivity index (χ3v) is 9.44.